The molecule has 1 aliphatic heterocycles. The Labute approximate surface area is 179 Å². The van der Waals surface area contributed by atoms with E-state index < -0.39 is 0 Å². The zero-order chi connectivity index (χ0) is 18.4. The molecular weight excluding hydrogens is 451 g/mol. The number of furan rings is 1. The minimum Gasteiger partial charge on any atom is -0.466 e. The molecule has 1 fully saturated rings. The number of benzene rings is 1. The molecule has 2 N–H and O–H groups in total. The van der Waals surface area contributed by atoms with Crippen molar-refractivity contribution in [3.05, 3.63) is 53.5 Å². The summed E-state index contributed by atoms with van der Waals surface area (Å²) in [4.78, 5) is 7.21. The second-order valence-corrected chi connectivity index (χ2v) is 6.87. The van der Waals surface area contributed by atoms with Crippen LogP contribution in [0, 0.1) is 13.8 Å². The molecule has 3 rings (SSSR count). The summed E-state index contributed by atoms with van der Waals surface area (Å²) in [5.74, 6) is 2.79. The topological polar surface area (TPSA) is 52.8 Å². The second-order valence-electron chi connectivity index (χ2n) is 6.87. The number of piperidine rings is 1. The molecule has 0 spiro atoms. The first-order valence-corrected chi connectivity index (χ1v) is 9.56. The van der Waals surface area contributed by atoms with Crippen molar-refractivity contribution in [2.75, 3.05) is 24.5 Å². The number of halogens is 1. The van der Waals surface area contributed by atoms with Crippen LogP contribution in [0.1, 0.15) is 36.8 Å². The number of hydrogen-bond acceptors (Lipinski definition) is 3. The number of hydrogen-bond donors (Lipinski definition) is 2. The van der Waals surface area contributed by atoms with E-state index in [1.54, 1.807) is 0 Å². The van der Waals surface area contributed by atoms with Gasteiger partial charge in [0.2, 0.25) is 0 Å². The molecule has 1 aromatic carbocycles. The van der Waals surface area contributed by atoms with Gasteiger partial charge in [-0.25, -0.2) is 4.99 Å². The van der Waals surface area contributed by atoms with Crippen molar-refractivity contribution in [1.29, 1.82) is 0 Å². The Balaban J connectivity index is 0.00000261. The van der Waals surface area contributed by atoms with Gasteiger partial charge in [0.15, 0.2) is 5.96 Å². The average Bonchev–Trinajstić information content (AvgIpc) is 2.98. The number of rotatable bonds is 5. The number of nitrogens with zero attached hydrogens (tertiary/aromatic N) is 2. The second kappa shape index (κ2) is 10.6. The molecule has 27 heavy (non-hydrogen) atoms. The highest BCUT2D eigenvalue weighted by atomic mass is 127. The van der Waals surface area contributed by atoms with E-state index in [9.17, 15) is 0 Å². The fourth-order valence-electron chi connectivity index (χ4n) is 3.44. The lowest BCUT2D eigenvalue weighted by Gasteiger charge is -2.34. The maximum Gasteiger partial charge on any atom is 0.191 e. The van der Waals surface area contributed by atoms with E-state index in [1.807, 2.05) is 13.8 Å². The SMILES string of the molecule is CCNC(=NCc1cc(C)oc1C)NC1CCN(c2ccccc2)CC1.I. The number of nitrogens with one attached hydrogen (secondary N) is 2. The summed E-state index contributed by atoms with van der Waals surface area (Å²) in [6, 6.07) is 13.2. The molecule has 6 heteroatoms. The number of guanidine groups is 1. The minimum absolute atomic E-state index is 0. The molecule has 148 valence electrons. The van der Waals surface area contributed by atoms with E-state index in [2.05, 4.69) is 58.9 Å². The summed E-state index contributed by atoms with van der Waals surface area (Å²) in [5, 5.41) is 6.97. The Bertz CT molecular complexity index is 721. The molecule has 2 aromatic rings. The molecule has 5 nitrogen and oxygen atoms in total. The molecule has 0 saturated carbocycles. The van der Waals surface area contributed by atoms with Gasteiger partial charge in [0.25, 0.3) is 0 Å². The van der Waals surface area contributed by atoms with E-state index >= 15 is 0 Å². The zero-order valence-electron chi connectivity index (χ0n) is 16.5. The van der Waals surface area contributed by atoms with Gasteiger partial charge in [-0.2, -0.15) is 0 Å². The van der Waals surface area contributed by atoms with Crippen molar-refractivity contribution in [1.82, 2.24) is 10.6 Å². The van der Waals surface area contributed by atoms with E-state index in [1.165, 1.54) is 5.69 Å². The number of aliphatic imine (C=N–C) groups is 1. The molecule has 0 amide bonds. The Morgan fingerprint density at radius 3 is 2.48 bits per heavy atom. The summed E-state index contributed by atoms with van der Waals surface area (Å²) >= 11 is 0. The quantitative estimate of drug-likeness (QED) is 0.381. The smallest absolute Gasteiger partial charge is 0.191 e. The summed E-state index contributed by atoms with van der Waals surface area (Å²) in [6.07, 6.45) is 2.23. The fourth-order valence-corrected chi connectivity index (χ4v) is 3.44. The highest BCUT2D eigenvalue weighted by molar-refractivity contribution is 14.0. The lowest BCUT2D eigenvalue weighted by atomic mass is 10.0. The molecular formula is C21H31IN4O. The highest BCUT2D eigenvalue weighted by Gasteiger charge is 2.20. The number of aryl methyl sites for hydroxylation is 2. The van der Waals surface area contributed by atoms with Gasteiger partial charge >= 0.3 is 0 Å². The van der Waals surface area contributed by atoms with E-state index in [4.69, 9.17) is 9.41 Å². The van der Waals surface area contributed by atoms with Crippen molar-refractivity contribution in [2.45, 2.75) is 46.2 Å². The summed E-state index contributed by atoms with van der Waals surface area (Å²) in [5.41, 5.74) is 2.47. The molecule has 1 aliphatic rings. The van der Waals surface area contributed by atoms with Crippen LogP contribution in [0.2, 0.25) is 0 Å². The summed E-state index contributed by atoms with van der Waals surface area (Å²) < 4.78 is 5.59. The van der Waals surface area contributed by atoms with Crippen molar-refractivity contribution in [3.63, 3.8) is 0 Å². The number of para-hydroxylation sites is 1. The fraction of sp³-hybridized carbons (Fsp3) is 0.476. The highest BCUT2D eigenvalue weighted by Crippen LogP contribution is 2.19. The molecule has 0 atom stereocenters. The van der Waals surface area contributed by atoms with Gasteiger partial charge in [-0.1, -0.05) is 18.2 Å². The molecule has 0 radical (unpaired) electrons. The van der Waals surface area contributed by atoms with Crippen molar-refractivity contribution in [3.8, 4) is 0 Å². The minimum atomic E-state index is 0. The normalized spacial score (nSPS) is 15.4. The Hall–Kier alpha value is -1.70. The Morgan fingerprint density at radius 2 is 1.89 bits per heavy atom. The standard InChI is InChI=1S/C21H30N4O.HI/c1-4-22-21(23-15-18-14-16(2)26-17(18)3)24-19-10-12-25(13-11-19)20-8-6-5-7-9-20;/h5-9,14,19H,4,10-13,15H2,1-3H3,(H2,22,23,24);1H. The van der Waals surface area contributed by atoms with Crippen LogP contribution in [0.3, 0.4) is 0 Å². The first-order chi connectivity index (χ1) is 12.7. The van der Waals surface area contributed by atoms with Crippen molar-refractivity contribution in [2.24, 2.45) is 4.99 Å². The predicted molar refractivity (Wildman–Crippen MR) is 123 cm³/mol. The van der Waals surface area contributed by atoms with Crippen molar-refractivity contribution >= 4 is 35.6 Å². The molecule has 1 saturated heterocycles. The zero-order valence-corrected chi connectivity index (χ0v) is 18.8. The van der Waals surface area contributed by atoms with Gasteiger partial charge in [0.1, 0.15) is 11.5 Å². The third-order valence-electron chi connectivity index (χ3n) is 4.85. The first kappa shape index (κ1) is 21.6. The maximum atomic E-state index is 5.59. The van der Waals surface area contributed by atoms with E-state index in [-0.39, 0.29) is 24.0 Å². The first-order valence-electron chi connectivity index (χ1n) is 9.56. The average molecular weight is 482 g/mol. The van der Waals surface area contributed by atoms with E-state index in [0.717, 1.165) is 55.5 Å². The number of anilines is 1. The lowest BCUT2D eigenvalue weighted by Crippen LogP contribution is -2.48. The van der Waals surface area contributed by atoms with Crippen LogP contribution < -0.4 is 15.5 Å². The third kappa shape index (κ3) is 6.16. The monoisotopic (exact) mass is 482 g/mol. The van der Waals surface area contributed by atoms with Crippen LogP contribution in [-0.4, -0.2) is 31.6 Å². The van der Waals surface area contributed by atoms with Gasteiger partial charge in [0.05, 0.1) is 6.54 Å². The Kier molecular flexibility index (Phi) is 8.47. The van der Waals surface area contributed by atoms with Gasteiger partial charge < -0.3 is 20.0 Å². The van der Waals surface area contributed by atoms with Gasteiger partial charge in [-0.05, 0) is 51.8 Å². The lowest BCUT2D eigenvalue weighted by molar-refractivity contribution is 0.461. The molecule has 0 bridgehead atoms. The largest absolute Gasteiger partial charge is 0.466 e. The molecule has 2 heterocycles. The van der Waals surface area contributed by atoms with Gasteiger partial charge in [-0.15, -0.1) is 24.0 Å². The van der Waals surface area contributed by atoms with Crippen LogP contribution in [-0.2, 0) is 6.54 Å². The van der Waals surface area contributed by atoms with Gasteiger partial charge in [0, 0.05) is 36.9 Å². The third-order valence-corrected chi connectivity index (χ3v) is 4.85. The van der Waals surface area contributed by atoms with Gasteiger partial charge in [-0.3, -0.25) is 0 Å². The van der Waals surface area contributed by atoms with E-state index in [0.29, 0.717) is 12.6 Å². The summed E-state index contributed by atoms with van der Waals surface area (Å²) in [6.45, 7) is 9.71. The Morgan fingerprint density at radius 1 is 1.19 bits per heavy atom. The summed E-state index contributed by atoms with van der Waals surface area (Å²) in [7, 11) is 0. The molecule has 1 aromatic heterocycles. The van der Waals surface area contributed by atoms with Crippen LogP contribution in [0.5, 0.6) is 0 Å². The molecule has 0 unspecified atom stereocenters. The van der Waals surface area contributed by atoms with Crippen LogP contribution >= 0.6 is 24.0 Å². The van der Waals surface area contributed by atoms with Crippen LogP contribution in [0.4, 0.5) is 5.69 Å². The van der Waals surface area contributed by atoms with Crippen LogP contribution in [0.25, 0.3) is 0 Å². The molecule has 0 aliphatic carbocycles. The van der Waals surface area contributed by atoms with Crippen molar-refractivity contribution < 1.29 is 4.42 Å². The predicted octanol–water partition coefficient (Wildman–Crippen LogP) is 4.24. The maximum absolute atomic E-state index is 5.59. The van der Waals surface area contributed by atoms with Crippen LogP contribution in [0.15, 0.2) is 45.8 Å².